The van der Waals surface area contributed by atoms with Crippen molar-refractivity contribution in [2.24, 2.45) is 11.3 Å². The van der Waals surface area contributed by atoms with Gasteiger partial charge in [-0.1, -0.05) is 20.8 Å². The SMILES string of the molecule is CC(C)(C)[C@H]1OCC[C@@H]1CNC(=O)c1c[nH]c(C#N)c1. The van der Waals surface area contributed by atoms with Crippen molar-refractivity contribution in [1.82, 2.24) is 10.3 Å². The third-order valence-electron chi connectivity index (χ3n) is 3.66. The monoisotopic (exact) mass is 275 g/mol. The summed E-state index contributed by atoms with van der Waals surface area (Å²) in [4.78, 5) is 14.8. The average molecular weight is 275 g/mol. The maximum Gasteiger partial charge on any atom is 0.252 e. The van der Waals surface area contributed by atoms with Gasteiger partial charge in [-0.05, 0) is 17.9 Å². The molecule has 0 saturated carbocycles. The Kier molecular flexibility index (Phi) is 4.15. The molecule has 2 atom stereocenters. The van der Waals surface area contributed by atoms with Crippen LogP contribution in [0.3, 0.4) is 0 Å². The molecule has 2 heterocycles. The zero-order chi connectivity index (χ0) is 14.8. The first-order chi connectivity index (χ1) is 9.41. The van der Waals surface area contributed by atoms with Crippen LogP contribution >= 0.6 is 0 Å². The molecule has 0 aromatic carbocycles. The number of aromatic nitrogens is 1. The van der Waals surface area contributed by atoms with E-state index in [0.29, 0.717) is 23.7 Å². The molecule has 1 aliphatic heterocycles. The number of hydrogen-bond acceptors (Lipinski definition) is 3. The summed E-state index contributed by atoms with van der Waals surface area (Å²) in [6.07, 6.45) is 2.70. The third kappa shape index (κ3) is 3.20. The van der Waals surface area contributed by atoms with Crippen LogP contribution in [-0.2, 0) is 4.74 Å². The molecule has 2 N–H and O–H groups in total. The lowest BCUT2D eigenvalue weighted by Crippen LogP contribution is -2.38. The molecule has 0 spiro atoms. The highest BCUT2D eigenvalue weighted by Crippen LogP contribution is 2.34. The molecule has 1 aromatic rings. The van der Waals surface area contributed by atoms with Gasteiger partial charge in [-0.2, -0.15) is 5.26 Å². The van der Waals surface area contributed by atoms with Crippen LogP contribution in [0.2, 0.25) is 0 Å². The summed E-state index contributed by atoms with van der Waals surface area (Å²) in [7, 11) is 0. The zero-order valence-corrected chi connectivity index (χ0v) is 12.2. The van der Waals surface area contributed by atoms with Crippen LogP contribution in [0.5, 0.6) is 0 Å². The summed E-state index contributed by atoms with van der Waals surface area (Å²) in [6, 6.07) is 3.53. The molecule has 1 amide bonds. The fourth-order valence-electron chi connectivity index (χ4n) is 2.72. The van der Waals surface area contributed by atoms with Gasteiger partial charge in [0.25, 0.3) is 5.91 Å². The van der Waals surface area contributed by atoms with Gasteiger partial charge < -0.3 is 15.0 Å². The Morgan fingerprint density at radius 3 is 2.95 bits per heavy atom. The van der Waals surface area contributed by atoms with Crippen molar-refractivity contribution in [2.75, 3.05) is 13.2 Å². The lowest BCUT2D eigenvalue weighted by atomic mass is 9.81. The predicted octanol–water partition coefficient (Wildman–Crippen LogP) is 2.07. The molecule has 0 bridgehead atoms. The Hall–Kier alpha value is -1.80. The van der Waals surface area contributed by atoms with Gasteiger partial charge >= 0.3 is 0 Å². The lowest BCUT2D eigenvalue weighted by molar-refractivity contribution is 0.00737. The highest BCUT2D eigenvalue weighted by atomic mass is 16.5. The van der Waals surface area contributed by atoms with Crippen LogP contribution < -0.4 is 5.32 Å². The van der Waals surface area contributed by atoms with E-state index >= 15 is 0 Å². The standard InChI is InChI=1S/C15H21N3O2/c1-15(2,3)13-10(4-5-20-13)8-18-14(19)11-6-12(7-16)17-9-11/h6,9-10,13,17H,4-5,8H2,1-3H3,(H,18,19)/t10-,13+/m1/s1. The lowest BCUT2D eigenvalue weighted by Gasteiger charge is -2.31. The Labute approximate surface area is 119 Å². The van der Waals surface area contributed by atoms with Crippen LogP contribution in [0.4, 0.5) is 0 Å². The Morgan fingerprint density at radius 1 is 1.60 bits per heavy atom. The van der Waals surface area contributed by atoms with Crippen molar-refractivity contribution in [2.45, 2.75) is 33.3 Å². The number of carbonyl (C=O) groups is 1. The third-order valence-corrected chi connectivity index (χ3v) is 3.66. The van der Waals surface area contributed by atoms with Crippen molar-refractivity contribution >= 4 is 5.91 Å². The van der Waals surface area contributed by atoms with Gasteiger partial charge in [-0.3, -0.25) is 4.79 Å². The average Bonchev–Trinajstić information content (AvgIpc) is 3.03. The molecule has 1 aliphatic rings. The van der Waals surface area contributed by atoms with E-state index in [1.165, 1.54) is 0 Å². The first-order valence-corrected chi connectivity index (χ1v) is 6.90. The summed E-state index contributed by atoms with van der Waals surface area (Å²) in [5, 5.41) is 11.7. The molecule has 5 nitrogen and oxygen atoms in total. The summed E-state index contributed by atoms with van der Waals surface area (Å²) in [6.45, 7) is 7.83. The molecule has 0 unspecified atom stereocenters. The van der Waals surface area contributed by atoms with Crippen LogP contribution in [0.1, 0.15) is 43.2 Å². The smallest absolute Gasteiger partial charge is 0.252 e. The van der Waals surface area contributed by atoms with Crippen molar-refractivity contribution in [3.05, 3.63) is 23.5 Å². The zero-order valence-electron chi connectivity index (χ0n) is 12.2. The van der Waals surface area contributed by atoms with Crippen molar-refractivity contribution in [3.8, 4) is 6.07 Å². The molecule has 1 saturated heterocycles. The second-order valence-electron chi connectivity index (χ2n) is 6.33. The van der Waals surface area contributed by atoms with Gasteiger partial charge in [0.1, 0.15) is 11.8 Å². The normalized spacial score (nSPS) is 22.5. The molecule has 1 aromatic heterocycles. The van der Waals surface area contributed by atoms with E-state index in [1.807, 2.05) is 6.07 Å². The fourth-order valence-corrected chi connectivity index (χ4v) is 2.72. The van der Waals surface area contributed by atoms with Gasteiger partial charge in [-0.15, -0.1) is 0 Å². The minimum absolute atomic E-state index is 0.0773. The molecular formula is C15H21N3O2. The predicted molar refractivity (Wildman–Crippen MR) is 75.1 cm³/mol. The van der Waals surface area contributed by atoms with E-state index in [9.17, 15) is 4.79 Å². The van der Waals surface area contributed by atoms with E-state index in [4.69, 9.17) is 10.00 Å². The van der Waals surface area contributed by atoms with Crippen LogP contribution in [0.25, 0.3) is 0 Å². The van der Waals surface area contributed by atoms with Crippen LogP contribution in [0.15, 0.2) is 12.3 Å². The van der Waals surface area contributed by atoms with E-state index in [0.717, 1.165) is 13.0 Å². The highest BCUT2D eigenvalue weighted by molar-refractivity contribution is 5.94. The maximum absolute atomic E-state index is 12.0. The van der Waals surface area contributed by atoms with Gasteiger partial charge in [0.2, 0.25) is 0 Å². The number of carbonyl (C=O) groups excluding carboxylic acids is 1. The number of H-pyrrole nitrogens is 1. The molecule has 1 fully saturated rings. The first kappa shape index (κ1) is 14.6. The number of hydrogen-bond donors (Lipinski definition) is 2. The number of nitrogens with zero attached hydrogens (tertiary/aromatic N) is 1. The van der Waals surface area contributed by atoms with Gasteiger partial charge in [0, 0.05) is 25.3 Å². The molecule has 20 heavy (non-hydrogen) atoms. The molecule has 0 aliphatic carbocycles. The van der Waals surface area contributed by atoms with Crippen molar-refractivity contribution in [1.29, 1.82) is 5.26 Å². The maximum atomic E-state index is 12.0. The Balaban J connectivity index is 1.92. The van der Waals surface area contributed by atoms with Gasteiger partial charge in [0.15, 0.2) is 0 Å². The largest absolute Gasteiger partial charge is 0.377 e. The fraction of sp³-hybridized carbons (Fsp3) is 0.600. The summed E-state index contributed by atoms with van der Waals surface area (Å²) >= 11 is 0. The van der Waals surface area contributed by atoms with E-state index in [2.05, 4.69) is 31.1 Å². The minimum atomic E-state index is -0.151. The molecule has 0 radical (unpaired) electrons. The minimum Gasteiger partial charge on any atom is -0.377 e. The van der Waals surface area contributed by atoms with E-state index < -0.39 is 0 Å². The topological polar surface area (TPSA) is 77.9 Å². The molecule has 2 rings (SSSR count). The number of rotatable bonds is 3. The number of ether oxygens (including phenoxy) is 1. The summed E-state index contributed by atoms with van der Waals surface area (Å²) in [5.41, 5.74) is 0.966. The van der Waals surface area contributed by atoms with Gasteiger partial charge in [-0.25, -0.2) is 0 Å². The van der Waals surface area contributed by atoms with Crippen molar-refractivity contribution in [3.63, 3.8) is 0 Å². The molecule has 108 valence electrons. The van der Waals surface area contributed by atoms with Gasteiger partial charge in [0.05, 0.1) is 11.7 Å². The number of amides is 1. The van der Waals surface area contributed by atoms with Crippen molar-refractivity contribution < 1.29 is 9.53 Å². The quantitative estimate of drug-likeness (QED) is 0.886. The highest BCUT2D eigenvalue weighted by Gasteiger charge is 2.37. The molecular weight excluding hydrogens is 254 g/mol. The number of nitrogens with one attached hydrogen (secondary N) is 2. The summed E-state index contributed by atoms with van der Waals surface area (Å²) in [5.74, 6) is 0.190. The first-order valence-electron chi connectivity index (χ1n) is 6.90. The molecule has 5 heteroatoms. The second-order valence-corrected chi connectivity index (χ2v) is 6.33. The number of nitriles is 1. The van der Waals surface area contributed by atoms with E-state index in [1.54, 1.807) is 12.3 Å². The second kappa shape index (κ2) is 5.68. The van der Waals surface area contributed by atoms with Crippen LogP contribution in [-0.4, -0.2) is 30.1 Å². The summed E-state index contributed by atoms with van der Waals surface area (Å²) < 4.78 is 5.79. The van der Waals surface area contributed by atoms with E-state index in [-0.39, 0.29) is 17.4 Å². The Bertz CT molecular complexity index is 522. The number of aromatic amines is 1. The Morgan fingerprint density at radius 2 is 2.35 bits per heavy atom. The van der Waals surface area contributed by atoms with Crippen LogP contribution in [0, 0.1) is 22.7 Å².